The first-order valence-corrected chi connectivity index (χ1v) is 7.43. The molecule has 0 saturated heterocycles. The Labute approximate surface area is 119 Å². The summed E-state index contributed by atoms with van der Waals surface area (Å²) >= 11 is 0. The van der Waals surface area contributed by atoms with E-state index >= 15 is 0 Å². The summed E-state index contributed by atoms with van der Waals surface area (Å²) in [6.45, 7) is 5.97. The van der Waals surface area contributed by atoms with Gasteiger partial charge < -0.3 is 14.4 Å². The summed E-state index contributed by atoms with van der Waals surface area (Å²) in [6.07, 6.45) is 2.73. The average molecular weight is 275 g/mol. The molecule has 0 spiro atoms. The SMILES string of the molecule is CCC(CC)C(=O)N1CCc2cc3c(cc2C1)OCO3. The van der Waals surface area contributed by atoms with Gasteiger partial charge in [0.1, 0.15) is 0 Å². The zero-order chi connectivity index (χ0) is 14.1. The van der Waals surface area contributed by atoms with E-state index in [2.05, 4.69) is 19.9 Å². The van der Waals surface area contributed by atoms with Gasteiger partial charge in [0, 0.05) is 19.0 Å². The van der Waals surface area contributed by atoms with E-state index < -0.39 is 0 Å². The Bertz CT molecular complexity index is 523. The van der Waals surface area contributed by atoms with Crippen molar-refractivity contribution in [3.05, 3.63) is 23.3 Å². The number of benzene rings is 1. The third-order valence-corrected chi connectivity index (χ3v) is 4.35. The van der Waals surface area contributed by atoms with Crippen LogP contribution in [-0.2, 0) is 17.8 Å². The molecule has 0 N–H and O–H groups in total. The molecule has 0 fully saturated rings. The van der Waals surface area contributed by atoms with Gasteiger partial charge in [-0.05, 0) is 42.5 Å². The van der Waals surface area contributed by atoms with Crippen LogP contribution in [0.3, 0.4) is 0 Å². The maximum absolute atomic E-state index is 12.5. The summed E-state index contributed by atoms with van der Waals surface area (Å²) in [6, 6.07) is 4.10. The number of ether oxygens (including phenoxy) is 2. The molecule has 0 bridgehead atoms. The van der Waals surface area contributed by atoms with E-state index in [1.165, 1.54) is 11.1 Å². The normalized spacial score (nSPS) is 16.4. The molecule has 3 rings (SSSR count). The quantitative estimate of drug-likeness (QED) is 0.851. The zero-order valence-electron chi connectivity index (χ0n) is 12.1. The predicted molar refractivity (Wildman–Crippen MR) is 75.8 cm³/mol. The summed E-state index contributed by atoms with van der Waals surface area (Å²) in [5.74, 6) is 2.09. The lowest BCUT2D eigenvalue weighted by atomic mass is 9.96. The van der Waals surface area contributed by atoms with Crippen LogP contribution in [0.1, 0.15) is 37.8 Å². The van der Waals surface area contributed by atoms with Gasteiger partial charge in [0.05, 0.1) is 0 Å². The molecule has 4 heteroatoms. The summed E-state index contributed by atoms with van der Waals surface area (Å²) in [5, 5.41) is 0. The van der Waals surface area contributed by atoms with Gasteiger partial charge in [0.2, 0.25) is 12.7 Å². The van der Waals surface area contributed by atoms with Crippen molar-refractivity contribution in [2.45, 2.75) is 39.7 Å². The molecular weight excluding hydrogens is 254 g/mol. The summed E-state index contributed by atoms with van der Waals surface area (Å²) in [7, 11) is 0. The Morgan fingerprint density at radius 2 is 1.85 bits per heavy atom. The maximum Gasteiger partial charge on any atom is 0.231 e. The van der Waals surface area contributed by atoms with Crippen LogP contribution >= 0.6 is 0 Å². The van der Waals surface area contributed by atoms with Gasteiger partial charge >= 0.3 is 0 Å². The van der Waals surface area contributed by atoms with Crippen LogP contribution < -0.4 is 9.47 Å². The van der Waals surface area contributed by atoms with Crippen molar-refractivity contribution in [1.29, 1.82) is 0 Å². The molecule has 1 aromatic carbocycles. The second-order valence-electron chi connectivity index (χ2n) is 5.50. The summed E-state index contributed by atoms with van der Waals surface area (Å²) in [4.78, 5) is 14.5. The molecule has 1 amide bonds. The van der Waals surface area contributed by atoms with E-state index in [1.807, 2.05) is 11.0 Å². The Kier molecular flexibility index (Phi) is 3.55. The highest BCUT2D eigenvalue weighted by Gasteiger charge is 2.27. The molecule has 0 saturated carbocycles. The number of carbonyl (C=O) groups is 1. The number of amides is 1. The van der Waals surface area contributed by atoms with Crippen molar-refractivity contribution in [2.24, 2.45) is 5.92 Å². The lowest BCUT2D eigenvalue weighted by Crippen LogP contribution is -2.39. The van der Waals surface area contributed by atoms with Gasteiger partial charge in [0.15, 0.2) is 11.5 Å². The van der Waals surface area contributed by atoms with E-state index in [1.54, 1.807) is 0 Å². The molecule has 1 aromatic rings. The molecule has 0 aromatic heterocycles. The van der Waals surface area contributed by atoms with Gasteiger partial charge in [-0.15, -0.1) is 0 Å². The fourth-order valence-electron chi connectivity index (χ4n) is 3.03. The van der Waals surface area contributed by atoms with Crippen LogP contribution in [0.4, 0.5) is 0 Å². The van der Waals surface area contributed by atoms with Gasteiger partial charge in [0.25, 0.3) is 0 Å². The van der Waals surface area contributed by atoms with Crippen molar-refractivity contribution in [3.63, 3.8) is 0 Å². The largest absolute Gasteiger partial charge is 0.454 e. The minimum absolute atomic E-state index is 0.158. The number of nitrogens with zero attached hydrogens (tertiary/aromatic N) is 1. The second kappa shape index (κ2) is 5.35. The van der Waals surface area contributed by atoms with E-state index in [9.17, 15) is 4.79 Å². The summed E-state index contributed by atoms with van der Waals surface area (Å²) < 4.78 is 10.8. The molecule has 2 aliphatic rings. The molecule has 2 heterocycles. The molecule has 20 heavy (non-hydrogen) atoms. The first-order chi connectivity index (χ1) is 9.72. The van der Waals surface area contributed by atoms with Crippen molar-refractivity contribution in [3.8, 4) is 11.5 Å². The van der Waals surface area contributed by atoms with E-state index in [0.29, 0.717) is 19.2 Å². The van der Waals surface area contributed by atoms with Crippen molar-refractivity contribution in [2.75, 3.05) is 13.3 Å². The molecule has 0 radical (unpaired) electrons. The standard InChI is InChI=1S/C16H21NO3/c1-3-11(4-2)16(18)17-6-5-12-7-14-15(20-10-19-14)8-13(12)9-17/h7-8,11H,3-6,9-10H2,1-2H3. The number of hydrogen-bond acceptors (Lipinski definition) is 3. The third kappa shape index (κ3) is 2.23. The first kappa shape index (κ1) is 13.3. The van der Waals surface area contributed by atoms with E-state index in [-0.39, 0.29) is 5.92 Å². The number of rotatable bonds is 3. The fourth-order valence-corrected chi connectivity index (χ4v) is 3.03. The van der Waals surface area contributed by atoms with Crippen molar-refractivity contribution >= 4 is 5.91 Å². The average Bonchev–Trinajstić information content (AvgIpc) is 2.92. The van der Waals surface area contributed by atoms with Gasteiger partial charge in [-0.2, -0.15) is 0 Å². The van der Waals surface area contributed by atoms with Crippen LogP contribution in [0.25, 0.3) is 0 Å². The lowest BCUT2D eigenvalue weighted by molar-refractivity contribution is -0.136. The number of carbonyl (C=O) groups excluding carboxylic acids is 1. The van der Waals surface area contributed by atoms with Gasteiger partial charge in [-0.25, -0.2) is 0 Å². The van der Waals surface area contributed by atoms with Gasteiger partial charge in [-0.1, -0.05) is 13.8 Å². The molecule has 0 aliphatic carbocycles. The van der Waals surface area contributed by atoms with Gasteiger partial charge in [-0.3, -0.25) is 4.79 Å². The monoisotopic (exact) mass is 275 g/mol. The lowest BCUT2D eigenvalue weighted by Gasteiger charge is -2.31. The Hall–Kier alpha value is -1.71. The Balaban J connectivity index is 1.80. The Morgan fingerprint density at radius 1 is 1.20 bits per heavy atom. The third-order valence-electron chi connectivity index (χ3n) is 4.35. The van der Waals surface area contributed by atoms with Crippen LogP contribution in [0.5, 0.6) is 11.5 Å². The van der Waals surface area contributed by atoms with Crippen molar-refractivity contribution < 1.29 is 14.3 Å². The zero-order valence-corrected chi connectivity index (χ0v) is 12.1. The fraction of sp³-hybridized carbons (Fsp3) is 0.562. The molecule has 4 nitrogen and oxygen atoms in total. The van der Waals surface area contributed by atoms with E-state index in [0.717, 1.165) is 37.3 Å². The topological polar surface area (TPSA) is 38.8 Å². The van der Waals surface area contributed by atoms with Crippen LogP contribution in [0.15, 0.2) is 12.1 Å². The smallest absolute Gasteiger partial charge is 0.231 e. The molecule has 2 aliphatic heterocycles. The highest BCUT2D eigenvalue weighted by molar-refractivity contribution is 5.79. The first-order valence-electron chi connectivity index (χ1n) is 7.43. The minimum Gasteiger partial charge on any atom is -0.454 e. The number of hydrogen-bond donors (Lipinski definition) is 0. The molecule has 0 atom stereocenters. The predicted octanol–water partition coefficient (Wildman–Crippen LogP) is 2.74. The Morgan fingerprint density at radius 3 is 2.50 bits per heavy atom. The van der Waals surface area contributed by atoms with Crippen LogP contribution in [0.2, 0.25) is 0 Å². The van der Waals surface area contributed by atoms with Crippen molar-refractivity contribution in [1.82, 2.24) is 4.90 Å². The second-order valence-corrected chi connectivity index (χ2v) is 5.50. The highest BCUT2D eigenvalue weighted by Crippen LogP contribution is 2.37. The van der Waals surface area contributed by atoms with Crippen LogP contribution in [-0.4, -0.2) is 24.1 Å². The molecular formula is C16H21NO3. The van der Waals surface area contributed by atoms with Crippen LogP contribution in [0, 0.1) is 5.92 Å². The molecule has 108 valence electrons. The van der Waals surface area contributed by atoms with E-state index in [4.69, 9.17) is 9.47 Å². The summed E-state index contributed by atoms with van der Waals surface area (Å²) in [5.41, 5.74) is 2.47. The maximum atomic E-state index is 12.5. The molecule has 0 unspecified atom stereocenters. The minimum atomic E-state index is 0.158. The highest BCUT2D eigenvalue weighted by atomic mass is 16.7. The number of fused-ring (bicyclic) bond motifs is 2.